The molecule has 3 aromatic rings. The summed E-state index contributed by atoms with van der Waals surface area (Å²) in [5.41, 5.74) is 1.00. The van der Waals surface area contributed by atoms with E-state index in [-0.39, 0.29) is 11.8 Å². The van der Waals surface area contributed by atoms with E-state index in [0.717, 1.165) is 23.6 Å². The van der Waals surface area contributed by atoms with Crippen LogP contribution in [0.5, 0.6) is 5.75 Å². The largest absolute Gasteiger partial charge is 0.507 e. The number of phenolic OH excluding ortho intramolecular Hbond substituents is 1. The van der Waals surface area contributed by atoms with Crippen molar-refractivity contribution in [3.8, 4) is 17.0 Å². The van der Waals surface area contributed by atoms with E-state index in [1.165, 1.54) is 0 Å². The van der Waals surface area contributed by atoms with Gasteiger partial charge in [-0.3, -0.25) is 4.98 Å². The average Bonchev–Trinajstić information content (AvgIpc) is 3.06. The maximum atomic E-state index is 13.9. The normalized spacial score (nSPS) is 20.1. The number of alkyl halides is 1. The van der Waals surface area contributed by atoms with Crippen LogP contribution in [-0.4, -0.2) is 44.5 Å². The van der Waals surface area contributed by atoms with Gasteiger partial charge in [-0.25, -0.2) is 9.37 Å². The molecule has 0 unspecified atom stereocenters. The Morgan fingerprint density at radius 2 is 2.04 bits per heavy atom. The van der Waals surface area contributed by atoms with Crippen LogP contribution in [0.25, 0.3) is 22.0 Å². The number of hydrogen-bond acceptors (Lipinski definition) is 6. The van der Waals surface area contributed by atoms with Gasteiger partial charge in [0.25, 0.3) is 0 Å². The highest BCUT2D eigenvalue weighted by Gasteiger charge is 2.31. The molecule has 1 N–H and O–H groups in total. The summed E-state index contributed by atoms with van der Waals surface area (Å²) in [5, 5.41) is 20.4. The molecule has 0 amide bonds. The van der Waals surface area contributed by atoms with E-state index in [1.54, 1.807) is 42.7 Å². The minimum absolute atomic E-state index is 0.107. The SMILES string of the molecule is CN(c1ncc(-c2cc3cnccc3cc2O)nn1)[C@@H]1CCC[C@@H]1F. The van der Waals surface area contributed by atoms with E-state index >= 15 is 0 Å². The van der Waals surface area contributed by atoms with E-state index in [9.17, 15) is 9.50 Å². The molecule has 1 aromatic carbocycles. The molecule has 1 saturated carbocycles. The fourth-order valence-electron chi connectivity index (χ4n) is 3.36. The zero-order valence-electron chi connectivity index (χ0n) is 13.8. The highest BCUT2D eigenvalue weighted by Crippen LogP contribution is 2.32. The summed E-state index contributed by atoms with van der Waals surface area (Å²) in [6.45, 7) is 0. The van der Waals surface area contributed by atoms with E-state index < -0.39 is 6.17 Å². The van der Waals surface area contributed by atoms with Crippen LogP contribution in [-0.2, 0) is 0 Å². The smallest absolute Gasteiger partial charge is 0.245 e. The van der Waals surface area contributed by atoms with Gasteiger partial charge in [-0.05, 0) is 42.8 Å². The molecule has 0 bridgehead atoms. The summed E-state index contributed by atoms with van der Waals surface area (Å²) < 4.78 is 13.9. The first-order chi connectivity index (χ1) is 12.1. The van der Waals surface area contributed by atoms with Crippen molar-refractivity contribution >= 4 is 16.7 Å². The maximum absolute atomic E-state index is 13.9. The Morgan fingerprint density at radius 1 is 1.16 bits per heavy atom. The first-order valence-electron chi connectivity index (χ1n) is 8.27. The van der Waals surface area contributed by atoms with Gasteiger partial charge in [0.05, 0.1) is 12.2 Å². The monoisotopic (exact) mass is 339 g/mol. The molecule has 4 rings (SSSR count). The Bertz CT molecular complexity index is 902. The zero-order chi connectivity index (χ0) is 17.4. The summed E-state index contributed by atoms with van der Waals surface area (Å²) in [5.74, 6) is 0.496. The summed E-state index contributed by atoms with van der Waals surface area (Å²) in [4.78, 5) is 10.2. The number of nitrogens with zero attached hydrogens (tertiary/aromatic N) is 5. The van der Waals surface area contributed by atoms with Crippen LogP contribution in [0.15, 0.2) is 36.8 Å². The standard InChI is InChI=1S/C18H18FN5O/c1-24(16-4-2-3-14(16)19)18-21-10-15(22-23-18)13-7-12-9-20-6-5-11(12)8-17(13)25/h5-10,14,16,25H,2-4H2,1H3/t14-,16+/m0/s1. The number of anilines is 1. The van der Waals surface area contributed by atoms with Gasteiger partial charge in [0.15, 0.2) is 0 Å². The summed E-state index contributed by atoms with van der Waals surface area (Å²) in [6.07, 6.45) is 6.35. The van der Waals surface area contributed by atoms with Crippen LogP contribution < -0.4 is 4.90 Å². The molecule has 2 heterocycles. The van der Waals surface area contributed by atoms with Gasteiger partial charge in [0, 0.05) is 30.4 Å². The Labute approximate surface area is 144 Å². The van der Waals surface area contributed by atoms with Crippen LogP contribution in [0, 0.1) is 0 Å². The van der Waals surface area contributed by atoms with Crippen molar-refractivity contribution < 1.29 is 9.50 Å². The Morgan fingerprint density at radius 3 is 2.76 bits per heavy atom. The lowest BCUT2D eigenvalue weighted by molar-refractivity contribution is 0.305. The van der Waals surface area contributed by atoms with Gasteiger partial charge >= 0.3 is 0 Å². The molecule has 0 saturated heterocycles. The molecular weight excluding hydrogens is 321 g/mol. The van der Waals surface area contributed by atoms with E-state index in [0.29, 0.717) is 23.6 Å². The fourth-order valence-corrected chi connectivity index (χ4v) is 3.36. The van der Waals surface area contributed by atoms with Gasteiger partial charge in [0.1, 0.15) is 17.6 Å². The van der Waals surface area contributed by atoms with E-state index in [2.05, 4.69) is 20.2 Å². The molecular formula is C18H18FN5O. The Balaban J connectivity index is 1.65. The number of aromatic nitrogens is 4. The Kier molecular flexibility index (Phi) is 3.91. The molecule has 7 heteroatoms. The van der Waals surface area contributed by atoms with Crippen LogP contribution in [0.4, 0.5) is 10.3 Å². The number of aromatic hydroxyl groups is 1. The summed E-state index contributed by atoms with van der Waals surface area (Å²) in [7, 11) is 1.79. The first-order valence-corrected chi connectivity index (χ1v) is 8.27. The number of pyridine rings is 1. The second kappa shape index (κ2) is 6.23. The molecule has 25 heavy (non-hydrogen) atoms. The lowest BCUT2D eigenvalue weighted by Crippen LogP contribution is -2.36. The second-order valence-corrected chi connectivity index (χ2v) is 6.36. The van der Waals surface area contributed by atoms with Gasteiger partial charge in [-0.15, -0.1) is 10.2 Å². The van der Waals surface area contributed by atoms with Crippen molar-refractivity contribution in [3.05, 3.63) is 36.8 Å². The summed E-state index contributed by atoms with van der Waals surface area (Å²) >= 11 is 0. The number of halogens is 1. The third kappa shape index (κ3) is 2.86. The van der Waals surface area contributed by atoms with E-state index in [1.807, 2.05) is 6.07 Å². The van der Waals surface area contributed by atoms with Gasteiger partial charge < -0.3 is 10.0 Å². The molecule has 2 aromatic heterocycles. The highest BCUT2D eigenvalue weighted by molar-refractivity contribution is 5.89. The molecule has 0 spiro atoms. The average molecular weight is 339 g/mol. The van der Waals surface area contributed by atoms with Crippen molar-refractivity contribution in [3.63, 3.8) is 0 Å². The van der Waals surface area contributed by atoms with Crippen molar-refractivity contribution in [2.45, 2.75) is 31.5 Å². The number of phenols is 1. The lowest BCUT2D eigenvalue weighted by atomic mass is 10.1. The molecule has 1 aliphatic carbocycles. The molecule has 0 aliphatic heterocycles. The van der Waals surface area contributed by atoms with E-state index in [4.69, 9.17) is 0 Å². The Hall–Kier alpha value is -2.83. The van der Waals surface area contributed by atoms with Crippen LogP contribution in [0.1, 0.15) is 19.3 Å². The highest BCUT2D eigenvalue weighted by atomic mass is 19.1. The summed E-state index contributed by atoms with van der Waals surface area (Å²) in [6, 6.07) is 5.10. The molecule has 1 fully saturated rings. The number of rotatable bonds is 3. The predicted octanol–water partition coefficient (Wildman–Crippen LogP) is 3.12. The molecule has 128 valence electrons. The maximum Gasteiger partial charge on any atom is 0.245 e. The van der Waals surface area contributed by atoms with Crippen LogP contribution in [0.2, 0.25) is 0 Å². The third-order valence-electron chi connectivity index (χ3n) is 4.79. The minimum Gasteiger partial charge on any atom is -0.507 e. The fraction of sp³-hybridized carbons (Fsp3) is 0.333. The number of benzene rings is 1. The molecule has 1 aliphatic rings. The lowest BCUT2D eigenvalue weighted by Gasteiger charge is -2.25. The van der Waals surface area contributed by atoms with Gasteiger partial charge in [-0.1, -0.05) is 0 Å². The number of hydrogen-bond donors (Lipinski definition) is 1. The van der Waals surface area contributed by atoms with Crippen LogP contribution in [0.3, 0.4) is 0 Å². The third-order valence-corrected chi connectivity index (χ3v) is 4.79. The van der Waals surface area contributed by atoms with Crippen molar-refractivity contribution in [2.75, 3.05) is 11.9 Å². The minimum atomic E-state index is -0.856. The van der Waals surface area contributed by atoms with Crippen molar-refractivity contribution in [2.24, 2.45) is 0 Å². The topological polar surface area (TPSA) is 75.0 Å². The van der Waals surface area contributed by atoms with Gasteiger partial charge in [-0.2, -0.15) is 0 Å². The van der Waals surface area contributed by atoms with Crippen molar-refractivity contribution in [1.82, 2.24) is 20.2 Å². The van der Waals surface area contributed by atoms with Crippen LogP contribution >= 0.6 is 0 Å². The zero-order valence-corrected chi connectivity index (χ0v) is 13.8. The second-order valence-electron chi connectivity index (χ2n) is 6.36. The van der Waals surface area contributed by atoms with Gasteiger partial charge in [0.2, 0.25) is 5.95 Å². The molecule has 2 atom stereocenters. The molecule has 0 radical (unpaired) electrons. The van der Waals surface area contributed by atoms with Crippen molar-refractivity contribution in [1.29, 1.82) is 0 Å². The quantitative estimate of drug-likeness (QED) is 0.790. The molecule has 6 nitrogen and oxygen atoms in total. The predicted molar refractivity (Wildman–Crippen MR) is 93.2 cm³/mol. The number of fused-ring (bicyclic) bond motifs is 1. The first kappa shape index (κ1) is 15.7.